The van der Waals surface area contributed by atoms with Crippen molar-refractivity contribution in [3.05, 3.63) is 6.92 Å². The van der Waals surface area contributed by atoms with Gasteiger partial charge >= 0.3 is 0 Å². The van der Waals surface area contributed by atoms with Crippen LogP contribution in [-0.4, -0.2) is 25.8 Å². The van der Waals surface area contributed by atoms with Gasteiger partial charge in [0, 0.05) is 19.7 Å². The van der Waals surface area contributed by atoms with Crippen LogP contribution in [0.4, 0.5) is 0 Å². The monoisotopic (exact) mass is 100 g/mol. The van der Waals surface area contributed by atoms with Crippen LogP contribution >= 0.6 is 0 Å². The first-order valence-electron chi connectivity index (χ1n) is 2.55. The molecule has 0 unspecified atom stereocenters. The lowest BCUT2D eigenvalue weighted by Gasteiger charge is -2.26. The number of ether oxygens (including phenoxy) is 1. The van der Waals surface area contributed by atoms with Crippen LogP contribution in [0.15, 0.2) is 0 Å². The molecule has 1 aliphatic rings. The molecule has 2 heteroatoms. The Bertz CT molecular complexity index is 52.0. The largest absolute Gasteiger partial charge is 0.376 e. The van der Waals surface area contributed by atoms with Crippen molar-refractivity contribution in [2.75, 3.05) is 19.7 Å². The van der Waals surface area contributed by atoms with E-state index in [0.717, 1.165) is 13.1 Å². The summed E-state index contributed by atoms with van der Waals surface area (Å²) in [7, 11) is 0. The topological polar surface area (TPSA) is 21.3 Å². The van der Waals surface area contributed by atoms with Crippen molar-refractivity contribution in [1.82, 2.24) is 5.32 Å². The summed E-state index contributed by atoms with van der Waals surface area (Å²) in [5.74, 6) is 0. The van der Waals surface area contributed by atoms with E-state index < -0.39 is 0 Å². The normalized spacial score (nSPS) is 21.9. The maximum absolute atomic E-state index is 5.10. The molecule has 2 nitrogen and oxygen atoms in total. The molecule has 7 heavy (non-hydrogen) atoms. The highest BCUT2D eigenvalue weighted by Crippen LogP contribution is 1.95. The molecule has 0 saturated carbocycles. The van der Waals surface area contributed by atoms with E-state index in [2.05, 4.69) is 12.2 Å². The first kappa shape index (κ1) is 5.06. The van der Waals surface area contributed by atoms with Crippen molar-refractivity contribution >= 4 is 0 Å². The zero-order valence-corrected chi connectivity index (χ0v) is 4.31. The van der Waals surface area contributed by atoms with Crippen LogP contribution in [0.1, 0.15) is 0 Å². The van der Waals surface area contributed by atoms with E-state index in [-0.39, 0.29) is 0 Å². The maximum Gasteiger partial charge on any atom is 0.0823 e. The summed E-state index contributed by atoms with van der Waals surface area (Å²) in [6, 6.07) is 0. The minimum absolute atomic E-state index is 0.456. The summed E-state index contributed by atoms with van der Waals surface area (Å²) in [4.78, 5) is 0. The molecular formula is C5H10NO. The number of hydrogen-bond acceptors (Lipinski definition) is 2. The summed E-state index contributed by atoms with van der Waals surface area (Å²) in [5.41, 5.74) is 0. The minimum Gasteiger partial charge on any atom is -0.376 e. The zero-order chi connectivity index (χ0) is 5.11. The van der Waals surface area contributed by atoms with Crippen LogP contribution < -0.4 is 5.32 Å². The smallest absolute Gasteiger partial charge is 0.0823 e. The molecule has 0 bridgehead atoms. The third kappa shape index (κ3) is 1.14. The van der Waals surface area contributed by atoms with Crippen molar-refractivity contribution in [3.8, 4) is 0 Å². The lowest BCUT2D eigenvalue weighted by molar-refractivity contribution is 0.0355. The average Bonchev–Trinajstić information content (AvgIpc) is 1.55. The molecule has 0 spiro atoms. The van der Waals surface area contributed by atoms with Crippen molar-refractivity contribution in [1.29, 1.82) is 0 Å². The second-order valence-electron chi connectivity index (χ2n) is 1.65. The zero-order valence-electron chi connectivity index (χ0n) is 4.31. The minimum atomic E-state index is 0.456. The molecule has 0 aromatic carbocycles. The first-order valence-corrected chi connectivity index (χ1v) is 2.55. The fourth-order valence-corrected chi connectivity index (χ4v) is 0.547. The molecule has 0 aromatic rings. The molecule has 0 amide bonds. The van der Waals surface area contributed by atoms with Gasteiger partial charge in [0.25, 0.3) is 0 Å². The Morgan fingerprint density at radius 2 is 2.43 bits per heavy atom. The number of hydrogen-bond donors (Lipinski definition) is 1. The van der Waals surface area contributed by atoms with E-state index >= 15 is 0 Å². The predicted molar refractivity (Wildman–Crippen MR) is 28.0 cm³/mol. The van der Waals surface area contributed by atoms with Crippen LogP contribution in [0, 0.1) is 6.92 Å². The highest BCUT2D eigenvalue weighted by molar-refractivity contribution is 4.74. The number of nitrogens with one attached hydrogen (secondary N) is 1. The third-order valence-corrected chi connectivity index (χ3v) is 1.10. The lowest BCUT2D eigenvalue weighted by Crippen LogP contribution is -2.48. The fraction of sp³-hybridized carbons (Fsp3) is 0.800. The van der Waals surface area contributed by atoms with Gasteiger partial charge in [0.1, 0.15) is 0 Å². The van der Waals surface area contributed by atoms with Crippen LogP contribution in [0.5, 0.6) is 0 Å². The van der Waals surface area contributed by atoms with Crippen LogP contribution in [0.3, 0.4) is 0 Å². The van der Waals surface area contributed by atoms with E-state index in [1.807, 2.05) is 0 Å². The van der Waals surface area contributed by atoms with Crippen LogP contribution in [0.2, 0.25) is 0 Å². The lowest BCUT2D eigenvalue weighted by atomic mass is 10.2. The van der Waals surface area contributed by atoms with Gasteiger partial charge in [-0.2, -0.15) is 0 Å². The van der Waals surface area contributed by atoms with Gasteiger partial charge in [-0.15, -0.1) is 0 Å². The summed E-state index contributed by atoms with van der Waals surface area (Å²) in [5, 5.41) is 3.09. The summed E-state index contributed by atoms with van der Waals surface area (Å²) < 4.78 is 5.10. The van der Waals surface area contributed by atoms with Gasteiger partial charge in [-0.25, -0.2) is 0 Å². The van der Waals surface area contributed by atoms with Gasteiger partial charge in [0.2, 0.25) is 0 Å². The van der Waals surface area contributed by atoms with Crippen molar-refractivity contribution in [2.45, 2.75) is 6.10 Å². The Morgan fingerprint density at radius 3 is 2.57 bits per heavy atom. The number of rotatable bonds is 2. The molecule has 0 aliphatic carbocycles. The summed E-state index contributed by atoms with van der Waals surface area (Å²) in [6.45, 7) is 6.18. The molecule has 1 saturated heterocycles. The van der Waals surface area contributed by atoms with Crippen molar-refractivity contribution in [2.24, 2.45) is 0 Å². The van der Waals surface area contributed by atoms with E-state index in [1.165, 1.54) is 0 Å². The van der Waals surface area contributed by atoms with Gasteiger partial charge in [-0.3, -0.25) is 0 Å². The van der Waals surface area contributed by atoms with Gasteiger partial charge in [0.15, 0.2) is 0 Å². The molecule has 1 aliphatic heterocycles. The highest BCUT2D eigenvalue weighted by atomic mass is 16.5. The molecule has 41 valence electrons. The first-order chi connectivity index (χ1) is 3.43. The van der Waals surface area contributed by atoms with E-state index in [0.29, 0.717) is 12.7 Å². The molecule has 1 fully saturated rings. The van der Waals surface area contributed by atoms with Crippen molar-refractivity contribution < 1.29 is 4.74 Å². The summed E-state index contributed by atoms with van der Waals surface area (Å²) in [6.07, 6.45) is 0.456. The molecule has 0 atom stereocenters. The Morgan fingerprint density at radius 1 is 1.71 bits per heavy atom. The highest BCUT2D eigenvalue weighted by Gasteiger charge is 2.14. The molecule has 1 heterocycles. The van der Waals surface area contributed by atoms with Gasteiger partial charge in [0.05, 0.1) is 6.10 Å². The SMILES string of the molecule is [CH2]COC1CNC1. The molecule has 1 N–H and O–H groups in total. The second-order valence-corrected chi connectivity index (χ2v) is 1.65. The van der Waals surface area contributed by atoms with E-state index in [1.54, 1.807) is 0 Å². The molecule has 0 aromatic heterocycles. The standard InChI is InChI=1S/C5H10NO/c1-2-7-5-3-6-4-5/h5-6H,1-4H2. The fourth-order valence-electron chi connectivity index (χ4n) is 0.547. The Balaban J connectivity index is 1.93. The molecule has 1 rings (SSSR count). The van der Waals surface area contributed by atoms with E-state index in [4.69, 9.17) is 4.74 Å². The van der Waals surface area contributed by atoms with Crippen molar-refractivity contribution in [3.63, 3.8) is 0 Å². The Kier molecular flexibility index (Phi) is 1.65. The average molecular weight is 100 g/mol. The van der Waals surface area contributed by atoms with E-state index in [9.17, 15) is 0 Å². The quantitative estimate of drug-likeness (QED) is 0.519. The van der Waals surface area contributed by atoms with Gasteiger partial charge < -0.3 is 10.1 Å². The van der Waals surface area contributed by atoms with Crippen LogP contribution in [-0.2, 0) is 4.74 Å². The van der Waals surface area contributed by atoms with Gasteiger partial charge in [-0.05, 0) is 6.92 Å². The Hall–Kier alpha value is -0.0800. The molecule has 1 radical (unpaired) electrons. The second kappa shape index (κ2) is 2.28. The predicted octanol–water partition coefficient (Wildman–Crippen LogP) is -0.191. The summed E-state index contributed by atoms with van der Waals surface area (Å²) >= 11 is 0. The van der Waals surface area contributed by atoms with Crippen LogP contribution in [0.25, 0.3) is 0 Å². The maximum atomic E-state index is 5.10. The Labute approximate surface area is 43.9 Å². The molecular weight excluding hydrogens is 90.1 g/mol. The third-order valence-electron chi connectivity index (χ3n) is 1.10. The van der Waals surface area contributed by atoms with Gasteiger partial charge in [-0.1, -0.05) is 0 Å².